The highest BCUT2D eigenvalue weighted by Gasteiger charge is 2.40. The zero-order valence-corrected chi connectivity index (χ0v) is 10.6. The van der Waals surface area contributed by atoms with Gasteiger partial charge in [0.2, 0.25) is 5.95 Å². The van der Waals surface area contributed by atoms with Crippen molar-refractivity contribution in [2.45, 2.75) is 12.3 Å². The van der Waals surface area contributed by atoms with Crippen LogP contribution >= 0.6 is 0 Å². The first-order valence-corrected chi connectivity index (χ1v) is 5.86. The van der Waals surface area contributed by atoms with Gasteiger partial charge in [-0.25, -0.2) is 4.79 Å². The van der Waals surface area contributed by atoms with Crippen LogP contribution in [0.4, 0.5) is 22.2 Å². The molecule has 3 rings (SSSR count). The maximum atomic E-state index is 11.7. The van der Waals surface area contributed by atoms with Crippen LogP contribution in [0, 0.1) is 0 Å². The Morgan fingerprint density at radius 1 is 1.55 bits per heavy atom. The highest BCUT2D eigenvalue weighted by Crippen LogP contribution is 2.30. The van der Waals surface area contributed by atoms with Crippen molar-refractivity contribution >= 4 is 23.6 Å². The summed E-state index contributed by atoms with van der Waals surface area (Å²) in [6, 6.07) is 0. The summed E-state index contributed by atoms with van der Waals surface area (Å²) in [5.74, 6) is 0.345. The lowest BCUT2D eigenvalue weighted by molar-refractivity contribution is 0.000819. The van der Waals surface area contributed by atoms with Crippen LogP contribution in [0.5, 0.6) is 0 Å². The molecule has 0 bridgehead atoms. The highest BCUT2D eigenvalue weighted by molar-refractivity contribution is 5.71. The van der Waals surface area contributed by atoms with Crippen LogP contribution in [0.15, 0.2) is 4.79 Å². The monoisotopic (exact) mass is 283 g/mol. The first kappa shape index (κ1) is 12.5. The maximum absolute atomic E-state index is 11.7. The topological polar surface area (TPSA) is 132 Å². The molecular weight excluding hydrogens is 270 g/mol. The molecule has 1 aromatic heterocycles. The molecule has 1 saturated heterocycles. The summed E-state index contributed by atoms with van der Waals surface area (Å²) in [4.78, 5) is 30.9. The minimum absolute atomic E-state index is 0.00281. The van der Waals surface area contributed by atoms with Crippen LogP contribution in [0.25, 0.3) is 0 Å². The number of nitrogens with two attached hydrogens (primary N) is 1. The van der Waals surface area contributed by atoms with Gasteiger partial charge in [0.15, 0.2) is 18.1 Å². The number of hydrogen-bond acceptors (Lipinski definition) is 9. The smallest absolute Gasteiger partial charge is 0.430 e. The summed E-state index contributed by atoms with van der Waals surface area (Å²) in [6.07, 6.45) is -1.99. The van der Waals surface area contributed by atoms with E-state index in [9.17, 15) is 9.59 Å². The Bertz CT molecular complexity index is 602. The van der Waals surface area contributed by atoms with E-state index >= 15 is 0 Å². The van der Waals surface area contributed by atoms with E-state index in [1.54, 1.807) is 4.90 Å². The molecule has 0 amide bonds. The summed E-state index contributed by atoms with van der Waals surface area (Å²) < 4.78 is 15.1. The number of aromatic amines is 1. The Morgan fingerprint density at radius 3 is 3.00 bits per heavy atom. The first-order chi connectivity index (χ1) is 9.60. The van der Waals surface area contributed by atoms with Crippen LogP contribution < -0.4 is 21.5 Å². The van der Waals surface area contributed by atoms with Crippen LogP contribution in [-0.2, 0) is 14.2 Å². The van der Waals surface area contributed by atoms with Gasteiger partial charge in [-0.15, -0.1) is 0 Å². The zero-order valence-electron chi connectivity index (χ0n) is 10.6. The largest absolute Gasteiger partial charge is 0.508 e. The van der Waals surface area contributed by atoms with Gasteiger partial charge in [0, 0.05) is 7.11 Å². The molecular formula is C10H13N5O5. The summed E-state index contributed by atoms with van der Waals surface area (Å²) in [7, 11) is 1.46. The van der Waals surface area contributed by atoms with E-state index in [4.69, 9.17) is 19.9 Å². The minimum atomic E-state index is -0.747. The van der Waals surface area contributed by atoms with Crippen LogP contribution in [0.2, 0.25) is 0 Å². The van der Waals surface area contributed by atoms with Crippen molar-refractivity contribution in [2.75, 3.05) is 36.3 Å². The van der Waals surface area contributed by atoms with Crippen LogP contribution in [0.1, 0.15) is 0 Å². The van der Waals surface area contributed by atoms with Crippen molar-refractivity contribution in [2.24, 2.45) is 0 Å². The number of carbonyl (C=O) groups is 1. The minimum Gasteiger partial charge on any atom is -0.430 e. The van der Waals surface area contributed by atoms with Crippen molar-refractivity contribution in [3.05, 3.63) is 10.4 Å². The quantitative estimate of drug-likeness (QED) is 0.600. The predicted octanol–water partition coefficient (Wildman–Crippen LogP) is -0.951. The first-order valence-electron chi connectivity index (χ1n) is 5.86. The lowest BCUT2D eigenvalue weighted by Crippen LogP contribution is -2.46. The SMILES string of the molecule is COC(C1COC(=O)O1)N1CNc2c1nc(N)[nH]c2=O. The van der Waals surface area contributed by atoms with E-state index in [0.29, 0.717) is 11.5 Å². The number of nitrogen functional groups attached to an aromatic ring is 1. The van der Waals surface area contributed by atoms with Crippen molar-refractivity contribution in [1.82, 2.24) is 9.97 Å². The Balaban J connectivity index is 1.93. The Labute approximate surface area is 112 Å². The van der Waals surface area contributed by atoms with Gasteiger partial charge in [-0.1, -0.05) is 0 Å². The van der Waals surface area contributed by atoms with E-state index in [2.05, 4.69) is 15.3 Å². The molecule has 10 heteroatoms. The van der Waals surface area contributed by atoms with Crippen molar-refractivity contribution in [1.29, 1.82) is 0 Å². The number of nitrogens with zero attached hydrogens (tertiary/aromatic N) is 2. The number of nitrogens with one attached hydrogen (secondary N) is 2. The molecule has 1 aromatic rings. The maximum Gasteiger partial charge on any atom is 0.508 e. The fourth-order valence-corrected chi connectivity index (χ4v) is 2.26. The summed E-state index contributed by atoms with van der Waals surface area (Å²) >= 11 is 0. The van der Waals surface area contributed by atoms with E-state index in [0.717, 1.165) is 0 Å². The number of cyclic esters (lactones) is 2. The second kappa shape index (κ2) is 4.56. The van der Waals surface area contributed by atoms with Crippen molar-refractivity contribution in [3.8, 4) is 0 Å². The van der Waals surface area contributed by atoms with E-state index < -0.39 is 18.5 Å². The van der Waals surface area contributed by atoms with Gasteiger partial charge < -0.3 is 30.2 Å². The number of aromatic nitrogens is 2. The number of carbonyl (C=O) groups excluding carboxylic acids is 1. The molecule has 2 aliphatic rings. The fourth-order valence-electron chi connectivity index (χ4n) is 2.26. The molecule has 20 heavy (non-hydrogen) atoms. The third-order valence-electron chi connectivity index (χ3n) is 3.10. The lowest BCUT2D eigenvalue weighted by atomic mass is 10.3. The summed E-state index contributed by atoms with van der Waals surface area (Å²) in [6.45, 7) is 0.350. The van der Waals surface area contributed by atoms with Gasteiger partial charge in [0.25, 0.3) is 5.56 Å². The molecule has 2 aliphatic heterocycles. The van der Waals surface area contributed by atoms with Gasteiger partial charge in [-0.2, -0.15) is 4.98 Å². The van der Waals surface area contributed by atoms with Gasteiger partial charge in [0.05, 0.1) is 6.67 Å². The van der Waals surface area contributed by atoms with Gasteiger partial charge in [-0.3, -0.25) is 9.78 Å². The highest BCUT2D eigenvalue weighted by atomic mass is 16.8. The van der Waals surface area contributed by atoms with E-state index in [1.165, 1.54) is 7.11 Å². The van der Waals surface area contributed by atoms with Crippen LogP contribution in [-0.4, -0.2) is 48.8 Å². The number of rotatable bonds is 3. The molecule has 2 atom stereocenters. The number of anilines is 3. The number of H-pyrrole nitrogens is 1. The Hall–Kier alpha value is -2.49. The van der Waals surface area contributed by atoms with Gasteiger partial charge in [-0.05, 0) is 0 Å². The van der Waals surface area contributed by atoms with E-state index in [1.807, 2.05) is 0 Å². The molecule has 0 saturated carbocycles. The second-order valence-corrected chi connectivity index (χ2v) is 4.30. The normalized spacial score (nSPS) is 21.9. The molecule has 3 heterocycles. The zero-order chi connectivity index (χ0) is 14.3. The second-order valence-electron chi connectivity index (χ2n) is 4.30. The fraction of sp³-hybridized carbons (Fsp3) is 0.500. The molecule has 0 aliphatic carbocycles. The van der Waals surface area contributed by atoms with E-state index in [-0.39, 0.29) is 24.8 Å². The lowest BCUT2D eigenvalue weighted by Gasteiger charge is -2.29. The summed E-state index contributed by atoms with van der Waals surface area (Å²) in [5.41, 5.74) is 5.47. The van der Waals surface area contributed by atoms with Gasteiger partial charge in [0.1, 0.15) is 12.3 Å². The van der Waals surface area contributed by atoms with Crippen LogP contribution in [0.3, 0.4) is 0 Å². The number of hydrogen-bond donors (Lipinski definition) is 3. The summed E-state index contributed by atoms with van der Waals surface area (Å²) in [5, 5.41) is 2.90. The predicted molar refractivity (Wildman–Crippen MR) is 67.3 cm³/mol. The molecule has 10 nitrogen and oxygen atoms in total. The standard InChI is InChI=1S/C10H13N5O5/c1-18-8(4-2-19-10(17)20-4)15-3-12-5-6(15)13-9(11)14-7(5)16/h4,8,12H,2-3H2,1H3,(H3,11,13,14,16). The van der Waals surface area contributed by atoms with Crippen molar-refractivity contribution in [3.63, 3.8) is 0 Å². The number of methoxy groups -OCH3 is 1. The molecule has 0 spiro atoms. The molecule has 0 aromatic carbocycles. The Kier molecular flexibility index (Phi) is 2.86. The average Bonchev–Trinajstić information content (AvgIpc) is 2.99. The van der Waals surface area contributed by atoms with Crippen molar-refractivity contribution < 1.29 is 19.0 Å². The number of fused-ring (bicyclic) bond motifs is 1. The van der Waals surface area contributed by atoms with Gasteiger partial charge >= 0.3 is 6.16 Å². The third kappa shape index (κ3) is 1.90. The average molecular weight is 283 g/mol. The third-order valence-corrected chi connectivity index (χ3v) is 3.10. The number of ether oxygens (including phenoxy) is 3. The Morgan fingerprint density at radius 2 is 2.35 bits per heavy atom. The molecule has 2 unspecified atom stereocenters. The molecule has 4 N–H and O–H groups in total. The molecule has 1 fully saturated rings. The molecule has 0 radical (unpaired) electrons. The molecule has 108 valence electrons.